The zero-order valence-electron chi connectivity index (χ0n) is 11.8. The quantitative estimate of drug-likeness (QED) is 0.878. The molecule has 0 saturated heterocycles. The molecule has 19 heavy (non-hydrogen) atoms. The molecule has 0 radical (unpaired) electrons. The second kappa shape index (κ2) is 4.92. The van der Waals surface area contributed by atoms with E-state index < -0.39 is 0 Å². The Labute approximate surface area is 113 Å². The highest BCUT2D eigenvalue weighted by Crippen LogP contribution is 2.23. The Balaban J connectivity index is 2.12. The zero-order chi connectivity index (χ0) is 14.0. The maximum absolute atomic E-state index is 12.0. The second-order valence-corrected chi connectivity index (χ2v) is 5.67. The van der Waals surface area contributed by atoms with Gasteiger partial charge >= 0.3 is 0 Å². The van der Waals surface area contributed by atoms with Crippen molar-refractivity contribution in [2.45, 2.75) is 33.1 Å². The first-order chi connectivity index (χ1) is 8.88. The van der Waals surface area contributed by atoms with E-state index in [9.17, 15) is 4.79 Å². The Morgan fingerprint density at radius 2 is 1.74 bits per heavy atom. The number of nitrogens with one attached hydrogen (secondary N) is 1. The number of furan rings is 1. The molecule has 3 heteroatoms. The molecule has 1 aromatic heterocycles. The number of carbonyl (C=O) groups excluding carboxylic acids is 1. The third kappa shape index (κ3) is 3.05. The number of hydrogen-bond donors (Lipinski definition) is 1. The molecule has 2 rings (SSSR count). The molecule has 0 spiro atoms. The van der Waals surface area contributed by atoms with E-state index in [-0.39, 0.29) is 11.3 Å². The molecule has 0 atom stereocenters. The number of rotatable bonds is 2. The molecule has 0 unspecified atom stereocenters. The summed E-state index contributed by atoms with van der Waals surface area (Å²) in [5, 5.41) is 2.86. The van der Waals surface area contributed by atoms with Gasteiger partial charge in [0.25, 0.3) is 5.91 Å². The SMILES string of the molecule is Cc1occc1C(=O)Nc1ccc(C(C)(C)C)cc1. The Bertz CT molecular complexity index is 574. The van der Waals surface area contributed by atoms with Gasteiger partial charge in [-0.3, -0.25) is 4.79 Å². The predicted molar refractivity (Wildman–Crippen MR) is 76.5 cm³/mol. The van der Waals surface area contributed by atoms with Crippen molar-refractivity contribution in [1.29, 1.82) is 0 Å². The third-order valence-electron chi connectivity index (χ3n) is 3.11. The average Bonchev–Trinajstić information content (AvgIpc) is 2.75. The highest BCUT2D eigenvalue weighted by Gasteiger charge is 2.14. The predicted octanol–water partition coefficient (Wildman–Crippen LogP) is 4.14. The lowest BCUT2D eigenvalue weighted by Gasteiger charge is -2.19. The molecular formula is C16H19NO2. The molecule has 1 N–H and O–H groups in total. The van der Waals surface area contributed by atoms with E-state index in [0.29, 0.717) is 11.3 Å². The Hall–Kier alpha value is -2.03. The van der Waals surface area contributed by atoms with Crippen molar-refractivity contribution in [1.82, 2.24) is 0 Å². The third-order valence-corrected chi connectivity index (χ3v) is 3.11. The topological polar surface area (TPSA) is 42.2 Å². The summed E-state index contributed by atoms with van der Waals surface area (Å²) in [6.07, 6.45) is 1.52. The van der Waals surface area contributed by atoms with Crippen LogP contribution in [0.25, 0.3) is 0 Å². The minimum Gasteiger partial charge on any atom is -0.469 e. The van der Waals surface area contributed by atoms with Crippen LogP contribution in [0.2, 0.25) is 0 Å². The molecule has 0 aliphatic heterocycles. The van der Waals surface area contributed by atoms with E-state index in [1.54, 1.807) is 13.0 Å². The monoisotopic (exact) mass is 257 g/mol. The van der Waals surface area contributed by atoms with Gasteiger partial charge in [0.2, 0.25) is 0 Å². The summed E-state index contributed by atoms with van der Waals surface area (Å²) in [5.74, 6) is 0.485. The molecule has 0 saturated carbocycles. The summed E-state index contributed by atoms with van der Waals surface area (Å²) in [7, 11) is 0. The van der Waals surface area contributed by atoms with Crippen LogP contribution in [0.5, 0.6) is 0 Å². The van der Waals surface area contributed by atoms with Gasteiger partial charge in [0, 0.05) is 5.69 Å². The van der Waals surface area contributed by atoms with Crippen LogP contribution in [0.1, 0.15) is 42.5 Å². The van der Waals surface area contributed by atoms with Crippen molar-refractivity contribution in [3.8, 4) is 0 Å². The fourth-order valence-corrected chi connectivity index (χ4v) is 1.87. The lowest BCUT2D eigenvalue weighted by atomic mass is 9.87. The molecule has 100 valence electrons. The minimum atomic E-state index is -0.144. The number of hydrogen-bond acceptors (Lipinski definition) is 2. The van der Waals surface area contributed by atoms with Crippen LogP contribution in [0.3, 0.4) is 0 Å². The van der Waals surface area contributed by atoms with Gasteiger partial charge in [-0.1, -0.05) is 32.9 Å². The van der Waals surface area contributed by atoms with Crippen molar-refractivity contribution in [3.05, 3.63) is 53.5 Å². The fourth-order valence-electron chi connectivity index (χ4n) is 1.87. The van der Waals surface area contributed by atoms with E-state index >= 15 is 0 Å². The first-order valence-corrected chi connectivity index (χ1v) is 6.34. The van der Waals surface area contributed by atoms with E-state index in [4.69, 9.17) is 4.42 Å². The van der Waals surface area contributed by atoms with Gasteiger partial charge in [-0.15, -0.1) is 0 Å². The summed E-state index contributed by atoms with van der Waals surface area (Å²) >= 11 is 0. The van der Waals surface area contributed by atoms with Gasteiger partial charge in [-0.25, -0.2) is 0 Å². The largest absolute Gasteiger partial charge is 0.469 e. The van der Waals surface area contributed by atoms with Crippen LogP contribution in [-0.2, 0) is 5.41 Å². The summed E-state index contributed by atoms with van der Waals surface area (Å²) in [6, 6.07) is 9.60. The van der Waals surface area contributed by atoms with Gasteiger partial charge in [-0.2, -0.15) is 0 Å². The molecular weight excluding hydrogens is 238 g/mol. The number of anilines is 1. The van der Waals surface area contributed by atoms with Crippen LogP contribution in [0, 0.1) is 6.92 Å². The normalized spacial score (nSPS) is 11.4. The molecule has 1 aromatic carbocycles. The van der Waals surface area contributed by atoms with Crippen molar-refractivity contribution in [3.63, 3.8) is 0 Å². The van der Waals surface area contributed by atoms with E-state index in [1.165, 1.54) is 11.8 Å². The maximum atomic E-state index is 12.0. The van der Waals surface area contributed by atoms with E-state index in [0.717, 1.165) is 5.69 Å². The maximum Gasteiger partial charge on any atom is 0.259 e. The minimum absolute atomic E-state index is 0.115. The Kier molecular flexibility index (Phi) is 3.47. The average molecular weight is 257 g/mol. The van der Waals surface area contributed by atoms with Crippen LogP contribution in [-0.4, -0.2) is 5.91 Å². The van der Waals surface area contributed by atoms with Gasteiger partial charge in [-0.05, 0) is 36.1 Å². The molecule has 0 aliphatic carbocycles. The fraction of sp³-hybridized carbons (Fsp3) is 0.312. The summed E-state index contributed by atoms with van der Waals surface area (Å²) < 4.78 is 5.13. The first-order valence-electron chi connectivity index (χ1n) is 6.34. The zero-order valence-corrected chi connectivity index (χ0v) is 11.8. The molecule has 0 aliphatic rings. The van der Waals surface area contributed by atoms with Crippen LogP contribution >= 0.6 is 0 Å². The molecule has 2 aromatic rings. The molecule has 0 bridgehead atoms. The lowest BCUT2D eigenvalue weighted by Crippen LogP contribution is -2.13. The lowest BCUT2D eigenvalue weighted by molar-refractivity contribution is 0.102. The second-order valence-electron chi connectivity index (χ2n) is 5.67. The molecule has 0 fully saturated rings. The van der Waals surface area contributed by atoms with E-state index in [2.05, 4.69) is 26.1 Å². The number of aryl methyl sites for hydroxylation is 1. The van der Waals surface area contributed by atoms with Gasteiger partial charge < -0.3 is 9.73 Å². The van der Waals surface area contributed by atoms with Crippen molar-refractivity contribution >= 4 is 11.6 Å². The number of benzene rings is 1. The summed E-state index contributed by atoms with van der Waals surface area (Å²) in [4.78, 5) is 12.0. The standard InChI is InChI=1S/C16H19NO2/c1-11-14(9-10-19-11)15(18)17-13-7-5-12(6-8-13)16(2,3)4/h5-10H,1-4H3,(H,17,18). The molecule has 1 heterocycles. The van der Waals surface area contributed by atoms with Crippen LogP contribution < -0.4 is 5.32 Å². The smallest absolute Gasteiger partial charge is 0.259 e. The Morgan fingerprint density at radius 1 is 1.11 bits per heavy atom. The summed E-state index contributed by atoms with van der Waals surface area (Å²) in [6.45, 7) is 8.26. The number of amides is 1. The first kappa shape index (κ1) is 13.4. The highest BCUT2D eigenvalue weighted by molar-refractivity contribution is 6.04. The highest BCUT2D eigenvalue weighted by atomic mass is 16.3. The van der Waals surface area contributed by atoms with Gasteiger partial charge in [0.15, 0.2) is 0 Å². The van der Waals surface area contributed by atoms with Crippen LogP contribution in [0.15, 0.2) is 41.0 Å². The molecule has 1 amide bonds. The Morgan fingerprint density at radius 3 is 2.21 bits per heavy atom. The summed E-state index contributed by atoms with van der Waals surface area (Å²) in [5.41, 5.74) is 2.72. The number of carbonyl (C=O) groups is 1. The van der Waals surface area contributed by atoms with Crippen LogP contribution in [0.4, 0.5) is 5.69 Å². The van der Waals surface area contributed by atoms with Gasteiger partial charge in [0.1, 0.15) is 5.76 Å². The van der Waals surface area contributed by atoms with E-state index in [1.807, 2.05) is 24.3 Å². The molecule has 3 nitrogen and oxygen atoms in total. The van der Waals surface area contributed by atoms with Crippen molar-refractivity contribution < 1.29 is 9.21 Å². The van der Waals surface area contributed by atoms with Gasteiger partial charge in [0.05, 0.1) is 11.8 Å². The van der Waals surface area contributed by atoms with Crippen molar-refractivity contribution in [2.24, 2.45) is 0 Å². The van der Waals surface area contributed by atoms with Crippen molar-refractivity contribution in [2.75, 3.05) is 5.32 Å².